The molecule has 1 aromatic carbocycles. The van der Waals surface area contributed by atoms with Crippen LogP contribution in [0.15, 0.2) is 23.6 Å². The normalized spacial score (nSPS) is 13.5. The Morgan fingerprint density at radius 1 is 1.00 bits per heavy atom. The summed E-state index contributed by atoms with van der Waals surface area (Å²) in [6, 6.07) is 3.60. The Labute approximate surface area is 167 Å². The van der Waals surface area contributed by atoms with Crippen LogP contribution >= 0.6 is 11.3 Å². The number of fused-ring (bicyclic) bond motifs is 3. The van der Waals surface area contributed by atoms with Gasteiger partial charge in [0.15, 0.2) is 17.3 Å². The number of nitrogens with zero attached hydrogens (tertiary/aromatic N) is 3. The lowest BCUT2D eigenvalue weighted by molar-refractivity contribution is 0.349. The third kappa shape index (κ3) is 3.35. The van der Waals surface area contributed by atoms with Crippen molar-refractivity contribution in [3.63, 3.8) is 0 Å². The number of aromatic nitrogens is 2. The van der Waals surface area contributed by atoms with Gasteiger partial charge in [-0.15, -0.1) is 11.3 Å². The summed E-state index contributed by atoms with van der Waals surface area (Å²) in [5.41, 5.74) is 5.22. The molecule has 1 aliphatic carbocycles. The Balaban J connectivity index is 1.65. The molecule has 1 N–H and O–H groups in total. The third-order valence-electron chi connectivity index (χ3n) is 4.86. The van der Waals surface area contributed by atoms with Crippen molar-refractivity contribution >= 4 is 33.6 Å². The molecule has 0 radical (unpaired) electrons. The number of thiophene rings is 1. The maximum Gasteiger partial charge on any atom is 0.164 e. The summed E-state index contributed by atoms with van der Waals surface area (Å²) >= 11 is 1.77. The number of hydrogen-bond acceptors (Lipinski definition) is 8. The van der Waals surface area contributed by atoms with Gasteiger partial charge in [0.1, 0.15) is 16.9 Å². The number of anilines is 1. The first-order valence-electron chi connectivity index (χ1n) is 9.09. The smallest absolute Gasteiger partial charge is 0.164 e. The van der Waals surface area contributed by atoms with Gasteiger partial charge < -0.3 is 14.2 Å². The fourth-order valence-electron chi connectivity index (χ4n) is 3.49. The summed E-state index contributed by atoms with van der Waals surface area (Å²) in [5.74, 6) is 2.59. The summed E-state index contributed by atoms with van der Waals surface area (Å²) < 4.78 is 16.1. The van der Waals surface area contributed by atoms with Crippen molar-refractivity contribution in [2.45, 2.75) is 25.7 Å². The van der Waals surface area contributed by atoms with Gasteiger partial charge in [-0.25, -0.2) is 9.97 Å². The molecular formula is C20H22N4O3S. The van der Waals surface area contributed by atoms with Crippen LogP contribution in [0.4, 0.5) is 5.82 Å². The van der Waals surface area contributed by atoms with Crippen LogP contribution in [-0.2, 0) is 12.8 Å². The molecule has 146 valence electrons. The zero-order valence-electron chi connectivity index (χ0n) is 16.1. The Bertz CT molecular complexity index is 1030. The minimum absolute atomic E-state index is 0.604. The van der Waals surface area contributed by atoms with Gasteiger partial charge in [-0.05, 0) is 37.3 Å². The highest BCUT2D eigenvalue weighted by atomic mass is 32.1. The molecule has 0 amide bonds. The number of hydrazone groups is 1. The van der Waals surface area contributed by atoms with E-state index in [1.165, 1.54) is 23.3 Å². The Hall–Kier alpha value is -2.87. The molecule has 0 saturated heterocycles. The van der Waals surface area contributed by atoms with Crippen LogP contribution in [0.3, 0.4) is 0 Å². The van der Waals surface area contributed by atoms with Gasteiger partial charge in [0, 0.05) is 16.5 Å². The summed E-state index contributed by atoms with van der Waals surface area (Å²) in [6.45, 7) is 0. The Morgan fingerprint density at radius 2 is 1.75 bits per heavy atom. The summed E-state index contributed by atoms with van der Waals surface area (Å²) in [4.78, 5) is 11.3. The van der Waals surface area contributed by atoms with E-state index in [4.69, 9.17) is 14.2 Å². The number of nitrogens with one attached hydrogen (secondary N) is 1. The van der Waals surface area contributed by atoms with E-state index in [0.717, 1.165) is 34.4 Å². The molecule has 0 bridgehead atoms. The molecule has 2 heterocycles. The third-order valence-corrected chi connectivity index (χ3v) is 6.06. The van der Waals surface area contributed by atoms with Crippen LogP contribution in [0, 0.1) is 0 Å². The molecule has 2 aromatic heterocycles. The van der Waals surface area contributed by atoms with E-state index in [0.29, 0.717) is 17.2 Å². The van der Waals surface area contributed by atoms with Crippen LogP contribution in [0.25, 0.3) is 10.2 Å². The van der Waals surface area contributed by atoms with Crippen molar-refractivity contribution in [2.75, 3.05) is 26.8 Å². The average Bonchev–Trinajstić information content (AvgIpc) is 3.12. The van der Waals surface area contributed by atoms with Crippen LogP contribution in [0.5, 0.6) is 17.2 Å². The lowest BCUT2D eigenvalue weighted by Crippen LogP contribution is -2.01. The van der Waals surface area contributed by atoms with Crippen LogP contribution in [0.2, 0.25) is 0 Å². The Kier molecular flexibility index (Phi) is 5.29. The van der Waals surface area contributed by atoms with Crippen LogP contribution in [0.1, 0.15) is 28.8 Å². The Morgan fingerprint density at radius 3 is 2.54 bits per heavy atom. The molecule has 0 atom stereocenters. The fourth-order valence-corrected chi connectivity index (χ4v) is 4.72. The molecule has 7 nitrogen and oxygen atoms in total. The molecule has 1 aliphatic rings. The monoisotopic (exact) mass is 398 g/mol. The minimum Gasteiger partial charge on any atom is -0.496 e. The largest absolute Gasteiger partial charge is 0.496 e. The maximum atomic E-state index is 5.44. The second-order valence-corrected chi connectivity index (χ2v) is 7.52. The van der Waals surface area contributed by atoms with Gasteiger partial charge in [0.25, 0.3) is 0 Å². The predicted molar refractivity (Wildman–Crippen MR) is 111 cm³/mol. The van der Waals surface area contributed by atoms with Gasteiger partial charge in [0.2, 0.25) is 0 Å². The standard InChI is InChI=1S/C20H22N4O3S/c1-25-14-9-16(27-3)15(26-2)8-12(14)10-23-24-19-18-13-6-4-5-7-17(13)28-20(18)22-11-21-19/h8-11H,4-7H2,1-3H3,(H,21,22,24)/b23-10-. The molecule has 0 unspecified atom stereocenters. The molecule has 0 aliphatic heterocycles. The molecule has 8 heteroatoms. The van der Waals surface area contributed by atoms with E-state index in [9.17, 15) is 0 Å². The molecule has 0 spiro atoms. The maximum absolute atomic E-state index is 5.44. The molecule has 0 saturated carbocycles. The minimum atomic E-state index is 0.604. The highest BCUT2D eigenvalue weighted by Crippen LogP contribution is 2.38. The van der Waals surface area contributed by atoms with Crippen molar-refractivity contribution in [1.82, 2.24) is 9.97 Å². The van der Waals surface area contributed by atoms with Crippen molar-refractivity contribution in [1.29, 1.82) is 0 Å². The van der Waals surface area contributed by atoms with Crippen LogP contribution < -0.4 is 19.6 Å². The highest BCUT2D eigenvalue weighted by Gasteiger charge is 2.19. The van der Waals surface area contributed by atoms with E-state index in [-0.39, 0.29) is 0 Å². The lowest BCUT2D eigenvalue weighted by atomic mass is 9.97. The SMILES string of the molecule is COc1cc(OC)c(OC)cc1/C=N\Nc1ncnc2sc3c(c12)CCCC3. The van der Waals surface area contributed by atoms with Crippen molar-refractivity contribution in [2.24, 2.45) is 5.10 Å². The van der Waals surface area contributed by atoms with Gasteiger partial charge in [-0.1, -0.05) is 0 Å². The van der Waals surface area contributed by atoms with Crippen molar-refractivity contribution < 1.29 is 14.2 Å². The number of methoxy groups -OCH3 is 3. The molecule has 0 fully saturated rings. The number of aryl methyl sites for hydroxylation is 2. The number of benzene rings is 1. The summed E-state index contributed by atoms with van der Waals surface area (Å²) in [7, 11) is 4.80. The van der Waals surface area contributed by atoms with Crippen LogP contribution in [-0.4, -0.2) is 37.5 Å². The van der Waals surface area contributed by atoms with E-state index in [1.54, 1.807) is 51.3 Å². The zero-order valence-corrected chi connectivity index (χ0v) is 16.9. The summed E-state index contributed by atoms with van der Waals surface area (Å²) in [5, 5.41) is 5.49. The second kappa shape index (κ2) is 8.02. The first kappa shape index (κ1) is 18.5. The first-order valence-corrected chi connectivity index (χ1v) is 9.91. The van der Waals surface area contributed by atoms with Gasteiger partial charge in [-0.3, -0.25) is 5.43 Å². The topological polar surface area (TPSA) is 77.9 Å². The molecular weight excluding hydrogens is 376 g/mol. The van der Waals surface area contributed by atoms with E-state index in [1.807, 2.05) is 6.07 Å². The molecule has 28 heavy (non-hydrogen) atoms. The first-order chi connectivity index (χ1) is 13.7. The molecule has 3 aromatic rings. The number of hydrogen-bond donors (Lipinski definition) is 1. The fraction of sp³-hybridized carbons (Fsp3) is 0.350. The van der Waals surface area contributed by atoms with Crippen molar-refractivity contribution in [3.8, 4) is 17.2 Å². The summed E-state index contributed by atoms with van der Waals surface area (Å²) in [6.07, 6.45) is 7.92. The second-order valence-electron chi connectivity index (χ2n) is 6.43. The van der Waals surface area contributed by atoms with Gasteiger partial charge in [0.05, 0.1) is 32.9 Å². The molecule has 4 rings (SSSR count). The average molecular weight is 398 g/mol. The lowest BCUT2D eigenvalue weighted by Gasteiger charge is -2.12. The van der Waals surface area contributed by atoms with E-state index >= 15 is 0 Å². The quantitative estimate of drug-likeness (QED) is 0.499. The zero-order chi connectivity index (χ0) is 19.5. The predicted octanol–water partition coefficient (Wildman–Crippen LogP) is 4.04. The van der Waals surface area contributed by atoms with E-state index in [2.05, 4.69) is 20.5 Å². The highest BCUT2D eigenvalue weighted by molar-refractivity contribution is 7.19. The van der Waals surface area contributed by atoms with Gasteiger partial charge in [-0.2, -0.15) is 5.10 Å². The number of rotatable bonds is 6. The van der Waals surface area contributed by atoms with E-state index < -0.39 is 0 Å². The van der Waals surface area contributed by atoms with Gasteiger partial charge >= 0.3 is 0 Å². The van der Waals surface area contributed by atoms with Crippen molar-refractivity contribution in [3.05, 3.63) is 34.5 Å². The number of ether oxygens (including phenoxy) is 3.